The van der Waals surface area contributed by atoms with E-state index < -0.39 is 12.5 Å². The molecule has 0 spiro atoms. The Bertz CT molecular complexity index is 1520. The molecule has 5 aromatic rings. The van der Waals surface area contributed by atoms with E-state index in [0.29, 0.717) is 12.1 Å². The quantitative estimate of drug-likeness (QED) is 0.316. The Kier molecular flexibility index (Phi) is 5.82. The normalized spacial score (nSPS) is 11.3. The molecule has 0 atom stereocenters. The maximum absolute atomic E-state index is 12.5. The van der Waals surface area contributed by atoms with E-state index in [4.69, 9.17) is 10.5 Å². The van der Waals surface area contributed by atoms with Crippen LogP contribution in [0.5, 0.6) is 11.5 Å². The van der Waals surface area contributed by atoms with E-state index in [0.717, 1.165) is 44.2 Å². The molecule has 1 radical (unpaired) electrons. The van der Waals surface area contributed by atoms with Crippen LogP contribution in [0.3, 0.4) is 0 Å². The van der Waals surface area contributed by atoms with Gasteiger partial charge in [-0.15, -0.1) is 0 Å². The number of halogens is 2. The Morgan fingerprint density at radius 3 is 2.34 bits per heavy atom. The van der Waals surface area contributed by atoms with E-state index in [1.54, 1.807) is 31.4 Å². The molecule has 0 aliphatic carbocycles. The molecule has 7 heteroatoms. The Labute approximate surface area is 200 Å². The van der Waals surface area contributed by atoms with Crippen molar-refractivity contribution in [3.05, 3.63) is 96.1 Å². The molecule has 0 unspecified atom stereocenters. The molecule has 1 heterocycles. The Morgan fingerprint density at radius 1 is 0.971 bits per heavy atom. The fourth-order valence-electron chi connectivity index (χ4n) is 4.34. The number of benzene rings is 4. The minimum Gasteiger partial charge on any atom is -0.497 e. The Morgan fingerprint density at radius 2 is 1.69 bits per heavy atom. The fraction of sp³-hybridized carbons (Fsp3) is 0.107. The van der Waals surface area contributed by atoms with Crippen molar-refractivity contribution in [2.24, 2.45) is 5.73 Å². The van der Waals surface area contributed by atoms with Crippen molar-refractivity contribution in [2.75, 3.05) is 7.11 Å². The lowest BCUT2D eigenvalue weighted by Gasteiger charge is -2.10. The van der Waals surface area contributed by atoms with Gasteiger partial charge in [-0.2, -0.15) is 8.78 Å². The van der Waals surface area contributed by atoms with Gasteiger partial charge in [0, 0.05) is 22.9 Å². The predicted octanol–water partition coefficient (Wildman–Crippen LogP) is 6.02. The minimum absolute atomic E-state index is 0.0945. The largest absolute Gasteiger partial charge is 0.497 e. The summed E-state index contributed by atoms with van der Waals surface area (Å²) in [7, 11) is 1.62. The van der Waals surface area contributed by atoms with Gasteiger partial charge >= 0.3 is 6.61 Å². The number of nitrogens with two attached hydrogens (primary N) is 1. The topological polar surface area (TPSA) is 66.5 Å². The molecule has 4 aromatic carbocycles. The maximum atomic E-state index is 12.5. The van der Waals surface area contributed by atoms with Gasteiger partial charge in [0.1, 0.15) is 11.5 Å². The number of amides is 1. The lowest BCUT2D eigenvalue weighted by atomic mass is 10.0. The maximum Gasteiger partial charge on any atom is 0.387 e. The van der Waals surface area contributed by atoms with Crippen molar-refractivity contribution in [1.82, 2.24) is 4.57 Å². The first-order valence-corrected chi connectivity index (χ1v) is 10.9. The smallest absolute Gasteiger partial charge is 0.387 e. The molecule has 0 aliphatic heterocycles. The van der Waals surface area contributed by atoms with Gasteiger partial charge in [-0.25, -0.2) is 0 Å². The van der Waals surface area contributed by atoms with E-state index >= 15 is 0 Å². The summed E-state index contributed by atoms with van der Waals surface area (Å²) >= 11 is 0. The van der Waals surface area contributed by atoms with Gasteiger partial charge < -0.3 is 19.8 Å². The van der Waals surface area contributed by atoms with Gasteiger partial charge in [0.2, 0.25) is 5.91 Å². The highest BCUT2D eigenvalue weighted by atomic mass is 19.3. The highest BCUT2D eigenvalue weighted by Crippen LogP contribution is 2.35. The number of carbonyl (C=O) groups is 1. The third-order valence-electron chi connectivity index (χ3n) is 5.97. The summed E-state index contributed by atoms with van der Waals surface area (Å²) in [5, 5.41) is 1.51. The van der Waals surface area contributed by atoms with E-state index in [-0.39, 0.29) is 5.75 Å². The highest BCUT2D eigenvalue weighted by Gasteiger charge is 2.18. The number of ether oxygens (including phenoxy) is 2. The van der Waals surface area contributed by atoms with Gasteiger partial charge in [-0.1, -0.05) is 30.3 Å². The van der Waals surface area contributed by atoms with Crippen LogP contribution in [0.2, 0.25) is 0 Å². The lowest BCUT2D eigenvalue weighted by molar-refractivity contribution is -0.0498. The monoisotopic (exact) mass is 471 g/mol. The second-order valence-electron chi connectivity index (χ2n) is 8.05. The number of fused-ring (bicyclic) bond motifs is 3. The summed E-state index contributed by atoms with van der Waals surface area (Å²) in [6.07, 6.45) is 0. The zero-order chi connectivity index (χ0) is 24.5. The zero-order valence-corrected chi connectivity index (χ0v) is 18.8. The van der Waals surface area contributed by atoms with Crippen molar-refractivity contribution >= 4 is 27.7 Å². The van der Waals surface area contributed by atoms with Crippen molar-refractivity contribution in [2.45, 2.75) is 13.2 Å². The van der Waals surface area contributed by atoms with Crippen LogP contribution in [0.25, 0.3) is 32.9 Å². The highest BCUT2D eigenvalue weighted by molar-refractivity contribution is 6.18. The standard InChI is InChI=1S/C28H21F2N2O3/c1-34-20-12-7-18(8-13-20)19-9-14-22-25(15-19)32(24-4-2-3-23(26(22)24)27(31)33)16-17-5-10-21(11-6-17)35-28(29)30/h2-13,15,28H,16H2,1H3,(H2,31,33). The average molecular weight is 471 g/mol. The molecule has 5 rings (SSSR count). The molecule has 5 nitrogen and oxygen atoms in total. The van der Waals surface area contributed by atoms with Crippen LogP contribution in [0, 0.1) is 6.07 Å². The molecule has 2 N–H and O–H groups in total. The summed E-state index contributed by atoms with van der Waals surface area (Å²) in [5.41, 5.74) is 10.6. The second kappa shape index (κ2) is 9.10. The van der Waals surface area contributed by atoms with Gasteiger partial charge in [0.25, 0.3) is 0 Å². The third-order valence-corrected chi connectivity index (χ3v) is 5.97. The SMILES string of the molecule is COc1ccc(-c2c[c]c3c4c(C(N)=O)cccc4n(Cc4ccc(OC(F)F)cc4)c3c2)cc1. The Balaban J connectivity index is 1.67. The van der Waals surface area contributed by atoms with Gasteiger partial charge in [-0.3, -0.25) is 4.79 Å². The van der Waals surface area contributed by atoms with Crippen molar-refractivity contribution < 1.29 is 23.0 Å². The average Bonchev–Trinajstić information content (AvgIpc) is 3.17. The number of primary amides is 1. The van der Waals surface area contributed by atoms with E-state index in [2.05, 4.69) is 15.4 Å². The molecule has 0 aliphatic rings. The van der Waals surface area contributed by atoms with Crippen LogP contribution in [0.15, 0.2) is 78.9 Å². The van der Waals surface area contributed by atoms with Crippen LogP contribution >= 0.6 is 0 Å². The summed E-state index contributed by atoms with van der Waals surface area (Å²) in [5.74, 6) is 0.339. The summed E-state index contributed by atoms with van der Waals surface area (Å²) < 4.78 is 36.8. The fourth-order valence-corrected chi connectivity index (χ4v) is 4.34. The summed E-state index contributed by atoms with van der Waals surface area (Å²) in [6, 6.07) is 27.0. The second-order valence-corrected chi connectivity index (χ2v) is 8.05. The number of aromatic nitrogens is 1. The summed E-state index contributed by atoms with van der Waals surface area (Å²) in [4.78, 5) is 12.2. The van der Waals surface area contributed by atoms with Crippen molar-refractivity contribution in [3.8, 4) is 22.6 Å². The van der Waals surface area contributed by atoms with Crippen LogP contribution in [0.1, 0.15) is 15.9 Å². The Hall–Kier alpha value is -4.39. The number of alkyl halides is 2. The van der Waals surface area contributed by atoms with Crippen LogP contribution in [-0.2, 0) is 6.54 Å². The van der Waals surface area contributed by atoms with E-state index in [1.165, 1.54) is 12.1 Å². The molecular weight excluding hydrogens is 450 g/mol. The number of nitrogens with zero attached hydrogens (tertiary/aromatic N) is 1. The molecule has 175 valence electrons. The van der Waals surface area contributed by atoms with Gasteiger partial charge in [-0.05, 0) is 71.3 Å². The molecule has 35 heavy (non-hydrogen) atoms. The van der Waals surface area contributed by atoms with E-state index in [9.17, 15) is 13.6 Å². The number of hydrogen-bond donors (Lipinski definition) is 1. The molecule has 1 aromatic heterocycles. The molecule has 0 saturated carbocycles. The van der Waals surface area contributed by atoms with Gasteiger partial charge in [0.05, 0.1) is 18.1 Å². The van der Waals surface area contributed by atoms with Crippen molar-refractivity contribution in [3.63, 3.8) is 0 Å². The van der Waals surface area contributed by atoms with Crippen LogP contribution in [-0.4, -0.2) is 24.2 Å². The molecule has 0 bridgehead atoms. The predicted molar refractivity (Wildman–Crippen MR) is 131 cm³/mol. The number of methoxy groups -OCH3 is 1. The van der Waals surface area contributed by atoms with E-state index in [1.807, 2.05) is 42.5 Å². The number of hydrogen-bond acceptors (Lipinski definition) is 3. The first-order chi connectivity index (χ1) is 16.9. The lowest BCUT2D eigenvalue weighted by Crippen LogP contribution is -2.11. The summed E-state index contributed by atoms with van der Waals surface area (Å²) in [6.45, 7) is -2.44. The number of carbonyl (C=O) groups excluding carboxylic acids is 1. The first-order valence-electron chi connectivity index (χ1n) is 10.9. The van der Waals surface area contributed by atoms with Crippen molar-refractivity contribution in [1.29, 1.82) is 0 Å². The first kappa shape index (κ1) is 22.4. The van der Waals surface area contributed by atoms with Gasteiger partial charge in [0.15, 0.2) is 0 Å². The number of rotatable bonds is 7. The molecule has 0 fully saturated rings. The van der Waals surface area contributed by atoms with Crippen LogP contribution in [0.4, 0.5) is 8.78 Å². The molecule has 1 amide bonds. The molecular formula is C28H21F2N2O3. The zero-order valence-electron chi connectivity index (χ0n) is 18.8. The third kappa shape index (κ3) is 4.28. The minimum atomic E-state index is -2.88. The van der Waals surface area contributed by atoms with Crippen LogP contribution < -0.4 is 15.2 Å². The molecule has 0 saturated heterocycles.